The predicted molar refractivity (Wildman–Crippen MR) is 64.5 cm³/mol. The fourth-order valence-electron chi connectivity index (χ4n) is 1.32. The van der Waals surface area contributed by atoms with Crippen molar-refractivity contribution >= 4 is 0 Å². The lowest BCUT2D eigenvalue weighted by molar-refractivity contribution is 0.293. The third-order valence-electron chi connectivity index (χ3n) is 2.64. The predicted octanol–water partition coefficient (Wildman–Crippen LogP) is 2.63. The van der Waals surface area contributed by atoms with Crippen LogP contribution in [0.4, 0.5) is 0 Å². The maximum absolute atomic E-state index is 5.64. The molecule has 1 rings (SSSR count). The molecule has 1 unspecified atom stereocenters. The second-order valence-electron chi connectivity index (χ2n) is 3.82. The van der Waals surface area contributed by atoms with Crippen LogP contribution >= 0.6 is 0 Å². The van der Waals surface area contributed by atoms with Gasteiger partial charge in [0.15, 0.2) is 0 Å². The normalized spacial score (nSPS) is 12.5. The molecule has 1 aromatic rings. The van der Waals surface area contributed by atoms with Gasteiger partial charge in [0, 0.05) is 6.04 Å². The van der Waals surface area contributed by atoms with E-state index in [1.807, 2.05) is 19.2 Å². The summed E-state index contributed by atoms with van der Waals surface area (Å²) in [5.74, 6) is 0.968. The summed E-state index contributed by atoms with van der Waals surface area (Å²) >= 11 is 0. The second kappa shape index (κ2) is 6.46. The Morgan fingerprint density at radius 2 is 1.93 bits per heavy atom. The second-order valence-corrected chi connectivity index (χ2v) is 3.82. The van der Waals surface area contributed by atoms with E-state index in [0.29, 0.717) is 6.04 Å². The van der Waals surface area contributed by atoms with Crippen molar-refractivity contribution in [1.82, 2.24) is 5.32 Å². The van der Waals surface area contributed by atoms with Gasteiger partial charge in [0.25, 0.3) is 0 Å². The quantitative estimate of drug-likeness (QED) is 0.774. The Morgan fingerprint density at radius 3 is 2.47 bits per heavy atom. The highest BCUT2D eigenvalue weighted by Gasteiger charge is 1.98. The fourth-order valence-corrected chi connectivity index (χ4v) is 1.32. The first-order valence-corrected chi connectivity index (χ1v) is 5.65. The number of aryl methyl sites for hydroxylation is 1. The van der Waals surface area contributed by atoms with Gasteiger partial charge >= 0.3 is 0 Å². The Kier molecular flexibility index (Phi) is 5.19. The van der Waals surface area contributed by atoms with Crippen LogP contribution in [-0.4, -0.2) is 19.7 Å². The molecule has 15 heavy (non-hydrogen) atoms. The maximum atomic E-state index is 5.64. The van der Waals surface area contributed by atoms with Crippen molar-refractivity contribution in [2.45, 2.75) is 32.7 Å². The summed E-state index contributed by atoms with van der Waals surface area (Å²) in [6.07, 6.45) is 2.11. The molecule has 0 aliphatic carbocycles. The highest BCUT2D eigenvalue weighted by Crippen LogP contribution is 2.12. The van der Waals surface area contributed by atoms with Crippen molar-refractivity contribution < 1.29 is 4.74 Å². The van der Waals surface area contributed by atoms with Crippen LogP contribution in [0.5, 0.6) is 5.75 Å². The number of hydrogen-bond acceptors (Lipinski definition) is 2. The lowest BCUT2D eigenvalue weighted by Crippen LogP contribution is -2.23. The largest absolute Gasteiger partial charge is 0.494 e. The molecule has 0 bridgehead atoms. The molecule has 0 spiro atoms. The smallest absolute Gasteiger partial charge is 0.119 e. The van der Waals surface area contributed by atoms with Crippen LogP contribution < -0.4 is 10.1 Å². The Bertz CT molecular complexity index is 268. The highest BCUT2D eigenvalue weighted by molar-refractivity contribution is 5.27. The van der Waals surface area contributed by atoms with Gasteiger partial charge in [-0.1, -0.05) is 19.1 Å². The van der Waals surface area contributed by atoms with E-state index in [0.717, 1.165) is 25.2 Å². The van der Waals surface area contributed by atoms with Crippen LogP contribution in [0.1, 0.15) is 25.8 Å². The Morgan fingerprint density at radius 1 is 1.27 bits per heavy atom. The summed E-state index contributed by atoms with van der Waals surface area (Å²) < 4.78 is 5.64. The third-order valence-corrected chi connectivity index (χ3v) is 2.64. The van der Waals surface area contributed by atoms with E-state index in [9.17, 15) is 0 Å². The van der Waals surface area contributed by atoms with Gasteiger partial charge in [-0.3, -0.25) is 0 Å². The molecule has 0 amide bonds. The first-order valence-electron chi connectivity index (χ1n) is 5.65. The van der Waals surface area contributed by atoms with E-state index in [2.05, 4.69) is 31.3 Å². The molecule has 0 aliphatic rings. The fraction of sp³-hybridized carbons (Fsp3) is 0.538. The van der Waals surface area contributed by atoms with E-state index >= 15 is 0 Å². The zero-order valence-electron chi connectivity index (χ0n) is 9.92. The summed E-state index contributed by atoms with van der Waals surface area (Å²) in [5.41, 5.74) is 1.35. The van der Waals surface area contributed by atoms with Crippen LogP contribution in [-0.2, 0) is 6.42 Å². The minimum absolute atomic E-state index is 0.514. The molecule has 2 heteroatoms. The molecule has 0 aliphatic heterocycles. The molecule has 0 aromatic heterocycles. The average Bonchev–Trinajstić information content (AvgIpc) is 2.29. The maximum Gasteiger partial charge on any atom is 0.119 e. The van der Waals surface area contributed by atoms with Crippen molar-refractivity contribution in [1.29, 1.82) is 0 Å². The van der Waals surface area contributed by atoms with E-state index in [1.54, 1.807) is 0 Å². The first kappa shape index (κ1) is 12.1. The monoisotopic (exact) mass is 207 g/mol. The van der Waals surface area contributed by atoms with Gasteiger partial charge < -0.3 is 10.1 Å². The van der Waals surface area contributed by atoms with Crippen molar-refractivity contribution in [3.05, 3.63) is 29.8 Å². The van der Waals surface area contributed by atoms with Gasteiger partial charge in [-0.25, -0.2) is 0 Å². The topological polar surface area (TPSA) is 21.3 Å². The first-order chi connectivity index (χ1) is 7.26. The van der Waals surface area contributed by atoms with Crippen LogP contribution in [0.2, 0.25) is 0 Å². The minimum atomic E-state index is 0.514. The summed E-state index contributed by atoms with van der Waals surface area (Å²) in [7, 11) is 1.97. The van der Waals surface area contributed by atoms with E-state index in [4.69, 9.17) is 4.74 Å². The van der Waals surface area contributed by atoms with Crippen LogP contribution in [0.3, 0.4) is 0 Å². The van der Waals surface area contributed by atoms with Crippen molar-refractivity contribution in [2.24, 2.45) is 0 Å². The average molecular weight is 207 g/mol. The van der Waals surface area contributed by atoms with Crippen LogP contribution in [0.25, 0.3) is 0 Å². The Balaban J connectivity index is 2.31. The van der Waals surface area contributed by atoms with Gasteiger partial charge in [-0.15, -0.1) is 0 Å². The SMILES string of the molecule is CCc1ccc(OCCC(C)NC)cc1. The van der Waals surface area contributed by atoms with Crippen molar-refractivity contribution in [3.63, 3.8) is 0 Å². The molecular weight excluding hydrogens is 186 g/mol. The summed E-state index contributed by atoms with van der Waals surface area (Å²) in [5, 5.41) is 3.19. The Hall–Kier alpha value is -1.02. The van der Waals surface area contributed by atoms with Gasteiger partial charge in [0.2, 0.25) is 0 Å². The molecule has 1 atom stereocenters. The lowest BCUT2D eigenvalue weighted by atomic mass is 10.2. The third kappa shape index (κ3) is 4.34. The Labute approximate surface area is 92.6 Å². The molecule has 2 nitrogen and oxygen atoms in total. The molecule has 84 valence electrons. The van der Waals surface area contributed by atoms with Gasteiger partial charge in [-0.05, 0) is 44.5 Å². The summed E-state index contributed by atoms with van der Waals surface area (Å²) in [6.45, 7) is 5.08. The van der Waals surface area contributed by atoms with Crippen LogP contribution in [0, 0.1) is 0 Å². The molecule has 0 fully saturated rings. The summed E-state index contributed by atoms with van der Waals surface area (Å²) in [4.78, 5) is 0. The lowest BCUT2D eigenvalue weighted by Gasteiger charge is -2.11. The van der Waals surface area contributed by atoms with E-state index in [1.165, 1.54) is 5.56 Å². The van der Waals surface area contributed by atoms with Crippen molar-refractivity contribution in [3.8, 4) is 5.75 Å². The number of rotatable bonds is 6. The van der Waals surface area contributed by atoms with E-state index in [-0.39, 0.29) is 0 Å². The zero-order valence-corrected chi connectivity index (χ0v) is 9.92. The van der Waals surface area contributed by atoms with Gasteiger partial charge in [-0.2, -0.15) is 0 Å². The minimum Gasteiger partial charge on any atom is -0.494 e. The molecular formula is C13H21NO. The zero-order chi connectivity index (χ0) is 11.1. The molecule has 1 N–H and O–H groups in total. The van der Waals surface area contributed by atoms with Gasteiger partial charge in [0.05, 0.1) is 6.61 Å². The number of hydrogen-bond donors (Lipinski definition) is 1. The number of benzene rings is 1. The molecule has 0 saturated heterocycles. The molecule has 0 saturated carbocycles. The van der Waals surface area contributed by atoms with Gasteiger partial charge in [0.1, 0.15) is 5.75 Å². The summed E-state index contributed by atoms with van der Waals surface area (Å²) in [6, 6.07) is 8.85. The molecule has 0 radical (unpaired) electrons. The van der Waals surface area contributed by atoms with E-state index < -0.39 is 0 Å². The molecule has 0 heterocycles. The van der Waals surface area contributed by atoms with Crippen LogP contribution in [0.15, 0.2) is 24.3 Å². The number of nitrogens with one attached hydrogen (secondary N) is 1. The molecule has 1 aromatic carbocycles. The van der Waals surface area contributed by atoms with Crippen molar-refractivity contribution in [2.75, 3.05) is 13.7 Å². The number of ether oxygens (including phenoxy) is 1. The highest BCUT2D eigenvalue weighted by atomic mass is 16.5. The standard InChI is InChI=1S/C13H21NO/c1-4-12-5-7-13(8-6-12)15-10-9-11(2)14-3/h5-8,11,14H,4,9-10H2,1-3H3.